The fraction of sp³-hybridized carbons (Fsp3) is 0.312. The van der Waals surface area contributed by atoms with E-state index >= 15 is 0 Å². The molecule has 0 fully saturated rings. The van der Waals surface area contributed by atoms with E-state index < -0.39 is 17.5 Å². The largest absolute Gasteiger partial charge is 0.468 e. The highest BCUT2D eigenvalue weighted by Gasteiger charge is 2.34. The number of hydrogen-bond acceptors (Lipinski definition) is 3. The first-order valence-electron chi connectivity index (χ1n) is 6.15. The van der Waals surface area contributed by atoms with Crippen LogP contribution in [0.15, 0.2) is 49.1 Å². The molecule has 0 saturated heterocycles. The molecule has 0 heterocycles. The van der Waals surface area contributed by atoms with E-state index in [0.717, 1.165) is 5.56 Å². The molecule has 1 aromatic carbocycles. The molecule has 0 spiro atoms. The summed E-state index contributed by atoms with van der Waals surface area (Å²) in [5.41, 5.74) is -0.161. The lowest BCUT2D eigenvalue weighted by Crippen LogP contribution is -2.38. The summed E-state index contributed by atoms with van der Waals surface area (Å²) in [4.78, 5) is 11.5. The maximum Gasteiger partial charge on any atom is 0.315 e. The zero-order valence-electron chi connectivity index (χ0n) is 11.4. The Morgan fingerprint density at radius 3 is 2.63 bits per heavy atom. The molecule has 3 nitrogen and oxygen atoms in total. The summed E-state index contributed by atoms with van der Waals surface area (Å²) in [6, 6.07) is 9.77. The monoisotopic (exact) mass is 260 g/mol. The van der Waals surface area contributed by atoms with Crippen molar-refractivity contribution in [1.82, 2.24) is 0 Å². The molecule has 102 valence electrons. The van der Waals surface area contributed by atoms with Crippen molar-refractivity contribution in [3.63, 3.8) is 0 Å². The van der Waals surface area contributed by atoms with Gasteiger partial charge in [0.2, 0.25) is 0 Å². The van der Waals surface area contributed by atoms with Crippen LogP contribution in [0.25, 0.3) is 6.08 Å². The van der Waals surface area contributed by atoms with Gasteiger partial charge in [0, 0.05) is 0 Å². The number of ether oxygens (including phenoxy) is 1. The van der Waals surface area contributed by atoms with Crippen molar-refractivity contribution in [2.45, 2.75) is 18.9 Å². The van der Waals surface area contributed by atoms with Gasteiger partial charge in [-0.2, -0.15) is 0 Å². The number of benzene rings is 1. The van der Waals surface area contributed by atoms with Gasteiger partial charge in [-0.05, 0) is 18.9 Å². The first kappa shape index (κ1) is 15.2. The third-order valence-electron chi connectivity index (χ3n) is 3.00. The van der Waals surface area contributed by atoms with Crippen LogP contribution in [-0.2, 0) is 9.53 Å². The van der Waals surface area contributed by atoms with Crippen molar-refractivity contribution >= 4 is 12.0 Å². The average Bonchev–Trinajstić information content (AvgIpc) is 2.40. The molecule has 1 unspecified atom stereocenters. The maximum atomic E-state index is 11.5. The highest BCUT2D eigenvalue weighted by molar-refractivity contribution is 5.75. The van der Waals surface area contributed by atoms with E-state index in [1.807, 2.05) is 42.5 Å². The van der Waals surface area contributed by atoms with Crippen LogP contribution in [0.5, 0.6) is 0 Å². The third kappa shape index (κ3) is 4.38. The molecular weight excluding hydrogens is 240 g/mol. The first-order valence-corrected chi connectivity index (χ1v) is 6.15. The van der Waals surface area contributed by atoms with Crippen molar-refractivity contribution in [3.8, 4) is 0 Å². The van der Waals surface area contributed by atoms with Gasteiger partial charge in [0.1, 0.15) is 5.92 Å². The van der Waals surface area contributed by atoms with E-state index in [1.165, 1.54) is 13.2 Å². The van der Waals surface area contributed by atoms with Gasteiger partial charge >= 0.3 is 5.97 Å². The second-order valence-electron chi connectivity index (χ2n) is 4.61. The number of methoxy groups -OCH3 is 1. The fourth-order valence-corrected chi connectivity index (χ4v) is 1.86. The van der Waals surface area contributed by atoms with Gasteiger partial charge in [-0.1, -0.05) is 48.6 Å². The van der Waals surface area contributed by atoms with Gasteiger partial charge in [0.25, 0.3) is 0 Å². The topological polar surface area (TPSA) is 46.5 Å². The second kappa shape index (κ2) is 6.90. The Bertz CT molecular complexity index is 446. The number of carbonyl (C=O) groups is 1. The maximum absolute atomic E-state index is 11.5. The minimum Gasteiger partial charge on any atom is -0.468 e. The number of carbonyl (C=O) groups excluding carboxylic acids is 1. The molecular formula is C16H20O3. The Labute approximate surface area is 114 Å². The Balaban J connectivity index is 2.71. The highest BCUT2D eigenvalue weighted by Crippen LogP contribution is 2.24. The van der Waals surface area contributed by atoms with Crippen molar-refractivity contribution < 1.29 is 14.6 Å². The van der Waals surface area contributed by atoms with Crippen LogP contribution in [0.3, 0.4) is 0 Å². The van der Waals surface area contributed by atoms with Gasteiger partial charge in [0.15, 0.2) is 0 Å². The Kier molecular flexibility index (Phi) is 5.52. The molecule has 0 aliphatic carbocycles. The molecule has 0 saturated carbocycles. The average molecular weight is 260 g/mol. The summed E-state index contributed by atoms with van der Waals surface area (Å²) in [7, 11) is 1.30. The summed E-state index contributed by atoms with van der Waals surface area (Å²) in [5, 5.41) is 10.3. The van der Waals surface area contributed by atoms with Crippen LogP contribution in [0.1, 0.15) is 18.9 Å². The SMILES string of the molecule is C=C[C@@H](C(=O)OC)C(C)(O)C/C=C/c1ccccc1. The summed E-state index contributed by atoms with van der Waals surface area (Å²) in [5.74, 6) is -1.22. The molecule has 1 rings (SSSR count). The number of rotatable bonds is 6. The fourth-order valence-electron chi connectivity index (χ4n) is 1.86. The smallest absolute Gasteiger partial charge is 0.315 e. The predicted octanol–water partition coefficient (Wildman–Crippen LogP) is 2.82. The standard InChI is InChI=1S/C16H20O3/c1-4-14(15(17)19-3)16(2,18)12-8-11-13-9-6-5-7-10-13/h4-11,14,18H,1,12H2,2-3H3/b11-8+/t14-,16?/m0/s1. The zero-order chi connectivity index (χ0) is 14.3. The van der Waals surface area contributed by atoms with E-state index in [9.17, 15) is 9.90 Å². The van der Waals surface area contributed by atoms with Gasteiger partial charge in [-0.3, -0.25) is 4.79 Å². The highest BCUT2D eigenvalue weighted by atomic mass is 16.5. The lowest BCUT2D eigenvalue weighted by molar-refractivity contribution is -0.151. The lowest BCUT2D eigenvalue weighted by Gasteiger charge is -2.27. The minimum atomic E-state index is -1.21. The lowest BCUT2D eigenvalue weighted by atomic mass is 9.86. The molecule has 3 heteroatoms. The van der Waals surface area contributed by atoms with Crippen molar-refractivity contribution in [1.29, 1.82) is 0 Å². The van der Waals surface area contributed by atoms with Crippen LogP contribution in [0.2, 0.25) is 0 Å². The molecule has 19 heavy (non-hydrogen) atoms. The molecule has 0 aliphatic rings. The van der Waals surface area contributed by atoms with Gasteiger partial charge in [-0.25, -0.2) is 0 Å². The first-order chi connectivity index (χ1) is 9.01. The summed E-state index contributed by atoms with van der Waals surface area (Å²) < 4.78 is 4.66. The molecule has 0 aliphatic heterocycles. The van der Waals surface area contributed by atoms with Crippen LogP contribution >= 0.6 is 0 Å². The molecule has 0 amide bonds. The summed E-state index contributed by atoms with van der Waals surface area (Å²) >= 11 is 0. The van der Waals surface area contributed by atoms with E-state index in [2.05, 4.69) is 11.3 Å². The zero-order valence-corrected chi connectivity index (χ0v) is 11.4. The Morgan fingerprint density at radius 2 is 2.11 bits per heavy atom. The van der Waals surface area contributed by atoms with Gasteiger partial charge in [-0.15, -0.1) is 6.58 Å². The normalized spacial score (nSPS) is 15.7. The van der Waals surface area contributed by atoms with E-state index in [-0.39, 0.29) is 0 Å². The molecule has 2 atom stereocenters. The van der Waals surface area contributed by atoms with Crippen molar-refractivity contribution in [2.24, 2.45) is 5.92 Å². The predicted molar refractivity (Wildman–Crippen MR) is 76.4 cm³/mol. The summed E-state index contributed by atoms with van der Waals surface area (Å²) in [6.45, 7) is 5.18. The van der Waals surface area contributed by atoms with E-state index in [4.69, 9.17) is 0 Å². The molecule has 1 aromatic rings. The van der Waals surface area contributed by atoms with Crippen LogP contribution in [0, 0.1) is 5.92 Å². The van der Waals surface area contributed by atoms with Crippen molar-refractivity contribution in [3.05, 3.63) is 54.6 Å². The number of aliphatic hydroxyl groups is 1. The molecule has 0 bridgehead atoms. The Hall–Kier alpha value is -1.87. The van der Waals surface area contributed by atoms with Gasteiger partial charge in [0.05, 0.1) is 12.7 Å². The number of hydrogen-bond donors (Lipinski definition) is 1. The Morgan fingerprint density at radius 1 is 1.47 bits per heavy atom. The number of esters is 1. The van der Waals surface area contributed by atoms with Crippen LogP contribution in [0.4, 0.5) is 0 Å². The van der Waals surface area contributed by atoms with Crippen molar-refractivity contribution in [2.75, 3.05) is 7.11 Å². The van der Waals surface area contributed by atoms with E-state index in [1.54, 1.807) is 6.92 Å². The second-order valence-corrected chi connectivity index (χ2v) is 4.61. The summed E-state index contributed by atoms with van der Waals surface area (Å²) in [6.07, 6.45) is 5.51. The third-order valence-corrected chi connectivity index (χ3v) is 3.00. The van der Waals surface area contributed by atoms with Crippen LogP contribution < -0.4 is 0 Å². The quantitative estimate of drug-likeness (QED) is 0.632. The van der Waals surface area contributed by atoms with Gasteiger partial charge < -0.3 is 9.84 Å². The minimum absolute atomic E-state index is 0.341. The van der Waals surface area contributed by atoms with E-state index in [0.29, 0.717) is 6.42 Å². The van der Waals surface area contributed by atoms with Crippen LogP contribution in [-0.4, -0.2) is 23.8 Å². The molecule has 0 radical (unpaired) electrons. The molecule has 0 aromatic heterocycles. The molecule has 1 N–H and O–H groups in total.